The van der Waals surface area contributed by atoms with Crippen molar-refractivity contribution in [3.63, 3.8) is 0 Å². The Morgan fingerprint density at radius 2 is 2.24 bits per heavy atom. The fourth-order valence-electron chi connectivity index (χ4n) is 1.54. The van der Waals surface area contributed by atoms with Crippen molar-refractivity contribution in [1.82, 2.24) is 5.32 Å². The summed E-state index contributed by atoms with van der Waals surface area (Å²) in [5.74, 6) is 0.0666. The van der Waals surface area contributed by atoms with Crippen molar-refractivity contribution in [2.45, 2.75) is 31.7 Å². The van der Waals surface area contributed by atoms with Crippen LogP contribution in [0.15, 0.2) is 23.1 Å². The number of nitrogens with one attached hydrogen (secondary N) is 1. The van der Waals surface area contributed by atoms with Crippen LogP contribution >= 0.6 is 11.8 Å². The topological polar surface area (TPSA) is 55.1 Å². The predicted octanol–water partition coefficient (Wildman–Crippen LogP) is 2.07. The van der Waals surface area contributed by atoms with Gasteiger partial charge in [0.25, 0.3) is 0 Å². The van der Waals surface area contributed by atoms with Gasteiger partial charge in [-0.3, -0.25) is 4.79 Å². The van der Waals surface area contributed by atoms with E-state index in [1.54, 1.807) is 0 Å². The molecule has 0 bridgehead atoms. The average molecular weight is 252 g/mol. The van der Waals surface area contributed by atoms with E-state index in [-0.39, 0.29) is 5.91 Å². The van der Waals surface area contributed by atoms with Crippen molar-refractivity contribution in [3.05, 3.63) is 29.3 Å². The van der Waals surface area contributed by atoms with Crippen molar-refractivity contribution in [3.8, 4) is 0 Å². The lowest BCUT2D eigenvalue weighted by Gasteiger charge is -2.08. The van der Waals surface area contributed by atoms with E-state index >= 15 is 0 Å². The maximum atomic E-state index is 10.7. The molecule has 0 spiro atoms. The monoisotopic (exact) mass is 252 g/mol. The van der Waals surface area contributed by atoms with E-state index in [1.807, 2.05) is 0 Å². The minimum absolute atomic E-state index is 0.275. The van der Waals surface area contributed by atoms with E-state index < -0.39 is 0 Å². The molecule has 3 N–H and O–H groups in total. The highest BCUT2D eigenvalue weighted by atomic mass is 32.2. The molecule has 17 heavy (non-hydrogen) atoms. The fourth-order valence-corrected chi connectivity index (χ4v) is 2.29. The summed E-state index contributed by atoms with van der Waals surface area (Å²) in [6.07, 6.45) is 1.14. The lowest BCUT2D eigenvalue weighted by molar-refractivity contribution is -0.115. The molecule has 4 heteroatoms. The summed E-state index contributed by atoms with van der Waals surface area (Å²) in [6.45, 7) is 6.15. The molecule has 1 amide bonds. The highest BCUT2D eigenvalue weighted by molar-refractivity contribution is 8.00. The standard InChI is InChI=1S/C13H20N2OS/c1-3-6-15-8-11-4-5-12(10(2)7-11)17-9-13(14)16/h4-5,7,15H,3,6,8-9H2,1-2H3,(H2,14,16). The zero-order valence-corrected chi connectivity index (χ0v) is 11.3. The van der Waals surface area contributed by atoms with Crippen molar-refractivity contribution in [1.29, 1.82) is 0 Å². The quantitative estimate of drug-likeness (QED) is 0.577. The number of thioether (sulfide) groups is 1. The molecular formula is C13H20N2OS. The van der Waals surface area contributed by atoms with Gasteiger partial charge in [-0.15, -0.1) is 11.8 Å². The minimum Gasteiger partial charge on any atom is -0.369 e. The van der Waals surface area contributed by atoms with Gasteiger partial charge in [0.05, 0.1) is 5.75 Å². The largest absolute Gasteiger partial charge is 0.369 e. The maximum Gasteiger partial charge on any atom is 0.227 e. The van der Waals surface area contributed by atoms with Crippen LogP contribution in [0.5, 0.6) is 0 Å². The van der Waals surface area contributed by atoms with E-state index in [4.69, 9.17) is 5.73 Å². The zero-order valence-electron chi connectivity index (χ0n) is 10.5. The summed E-state index contributed by atoms with van der Waals surface area (Å²) >= 11 is 1.50. The van der Waals surface area contributed by atoms with Crippen molar-refractivity contribution < 1.29 is 4.79 Å². The predicted molar refractivity (Wildman–Crippen MR) is 73.1 cm³/mol. The lowest BCUT2D eigenvalue weighted by Crippen LogP contribution is -2.14. The molecule has 0 aliphatic rings. The molecule has 94 valence electrons. The smallest absolute Gasteiger partial charge is 0.227 e. The average Bonchev–Trinajstić information content (AvgIpc) is 2.28. The third-order valence-electron chi connectivity index (χ3n) is 2.37. The van der Waals surface area contributed by atoms with Crippen LogP contribution in [-0.2, 0) is 11.3 Å². The number of hydrogen-bond acceptors (Lipinski definition) is 3. The highest BCUT2D eigenvalue weighted by Gasteiger charge is 2.02. The fraction of sp³-hybridized carbons (Fsp3) is 0.462. The van der Waals surface area contributed by atoms with Gasteiger partial charge in [0.1, 0.15) is 0 Å². The van der Waals surface area contributed by atoms with Gasteiger partial charge >= 0.3 is 0 Å². The molecule has 1 aromatic carbocycles. The number of rotatable bonds is 7. The van der Waals surface area contributed by atoms with Crippen LogP contribution in [-0.4, -0.2) is 18.2 Å². The van der Waals surface area contributed by atoms with Crippen LogP contribution in [0.4, 0.5) is 0 Å². The molecule has 1 aromatic rings. The summed E-state index contributed by atoms with van der Waals surface area (Å²) in [5, 5.41) is 3.37. The van der Waals surface area contributed by atoms with Crippen LogP contribution in [0.1, 0.15) is 24.5 Å². The Kier molecular flexibility index (Phi) is 6.08. The van der Waals surface area contributed by atoms with Gasteiger partial charge in [0, 0.05) is 11.4 Å². The number of amides is 1. The maximum absolute atomic E-state index is 10.7. The number of nitrogens with two attached hydrogens (primary N) is 1. The van der Waals surface area contributed by atoms with Crippen molar-refractivity contribution in [2.75, 3.05) is 12.3 Å². The number of aryl methyl sites for hydroxylation is 1. The second-order valence-corrected chi connectivity index (χ2v) is 5.05. The van der Waals surface area contributed by atoms with Gasteiger partial charge in [-0.2, -0.15) is 0 Å². The van der Waals surface area contributed by atoms with Crippen LogP contribution < -0.4 is 11.1 Å². The lowest BCUT2D eigenvalue weighted by atomic mass is 10.1. The molecule has 0 saturated heterocycles. The molecule has 0 atom stereocenters. The normalized spacial score (nSPS) is 10.5. The Morgan fingerprint density at radius 1 is 1.47 bits per heavy atom. The molecule has 0 heterocycles. The highest BCUT2D eigenvalue weighted by Crippen LogP contribution is 2.22. The Hall–Kier alpha value is -1.00. The summed E-state index contributed by atoms with van der Waals surface area (Å²) < 4.78 is 0. The van der Waals surface area contributed by atoms with Crippen LogP contribution in [0.25, 0.3) is 0 Å². The summed E-state index contributed by atoms with van der Waals surface area (Å²) in [7, 11) is 0. The molecule has 0 aromatic heterocycles. The SMILES string of the molecule is CCCNCc1ccc(SCC(N)=O)c(C)c1. The van der Waals surface area contributed by atoms with E-state index in [1.165, 1.54) is 22.9 Å². The molecule has 0 aliphatic heterocycles. The minimum atomic E-state index is -0.275. The number of benzene rings is 1. The van der Waals surface area contributed by atoms with E-state index in [2.05, 4.69) is 37.4 Å². The van der Waals surface area contributed by atoms with Gasteiger partial charge in [0.15, 0.2) is 0 Å². The molecule has 0 unspecified atom stereocenters. The van der Waals surface area contributed by atoms with Crippen LogP contribution in [0.2, 0.25) is 0 Å². The van der Waals surface area contributed by atoms with Crippen molar-refractivity contribution >= 4 is 17.7 Å². The van der Waals surface area contributed by atoms with Gasteiger partial charge in [-0.1, -0.05) is 19.1 Å². The first-order valence-electron chi connectivity index (χ1n) is 5.84. The van der Waals surface area contributed by atoms with Crippen LogP contribution in [0, 0.1) is 6.92 Å². The third-order valence-corrected chi connectivity index (χ3v) is 3.56. The number of primary amides is 1. The van der Waals surface area contributed by atoms with E-state index in [9.17, 15) is 4.79 Å². The first-order valence-corrected chi connectivity index (χ1v) is 6.83. The second-order valence-electron chi connectivity index (χ2n) is 4.03. The summed E-state index contributed by atoms with van der Waals surface area (Å²) in [6, 6.07) is 6.32. The molecule has 0 radical (unpaired) electrons. The van der Waals surface area contributed by atoms with Gasteiger partial charge in [-0.25, -0.2) is 0 Å². The number of hydrogen-bond donors (Lipinski definition) is 2. The molecular weight excluding hydrogens is 232 g/mol. The zero-order chi connectivity index (χ0) is 12.7. The van der Waals surface area contributed by atoms with Gasteiger partial charge < -0.3 is 11.1 Å². The van der Waals surface area contributed by atoms with Gasteiger partial charge in [0.2, 0.25) is 5.91 Å². The number of carbonyl (C=O) groups is 1. The van der Waals surface area contributed by atoms with E-state index in [0.29, 0.717) is 5.75 Å². The Balaban J connectivity index is 2.56. The van der Waals surface area contributed by atoms with Gasteiger partial charge in [-0.05, 0) is 37.1 Å². The summed E-state index contributed by atoms with van der Waals surface area (Å²) in [5.41, 5.74) is 7.61. The Bertz CT molecular complexity index is 380. The molecule has 0 saturated carbocycles. The first-order chi connectivity index (χ1) is 8.13. The van der Waals surface area contributed by atoms with Crippen LogP contribution in [0.3, 0.4) is 0 Å². The molecule has 0 fully saturated rings. The molecule has 3 nitrogen and oxygen atoms in total. The Labute approximate surface area is 107 Å². The molecule has 1 rings (SSSR count). The van der Waals surface area contributed by atoms with E-state index in [0.717, 1.165) is 24.4 Å². The first kappa shape index (κ1) is 14.1. The summed E-state index contributed by atoms with van der Waals surface area (Å²) in [4.78, 5) is 11.8. The second kappa shape index (κ2) is 7.35. The number of carbonyl (C=O) groups excluding carboxylic acids is 1. The third kappa shape index (κ3) is 5.24. The Morgan fingerprint density at radius 3 is 2.82 bits per heavy atom. The van der Waals surface area contributed by atoms with Crippen molar-refractivity contribution in [2.24, 2.45) is 5.73 Å². The molecule has 0 aliphatic carbocycles.